The van der Waals surface area contributed by atoms with Gasteiger partial charge in [0.2, 0.25) is 0 Å². The number of urea groups is 1. The lowest BCUT2D eigenvalue weighted by molar-refractivity contribution is 0.00578. The van der Waals surface area contributed by atoms with Gasteiger partial charge < -0.3 is 19.4 Å². The lowest BCUT2D eigenvalue weighted by Gasteiger charge is -2.32. The van der Waals surface area contributed by atoms with Gasteiger partial charge in [-0.25, -0.2) is 17.9 Å². The normalized spacial score (nSPS) is 19.2. The van der Waals surface area contributed by atoms with Crippen molar-refractivity contribution in [1.82, 2.24) is 4.72 Å². The molecule has 0 atom stereocenters. The van der Waals surface area contributed by atoms with Crippen molar-refractivity contribution in [3.63, 3.8) is 0 Å². The second-order valence-corrected chi connectivity index (χ2v) is 13.2. The zero-order valence-corrected chi connectivity index (χ0v) is 23.7. The van der Waals surface area contributed by atoms with Crippen LogP contribution in [-0.2, 0) is 51.4 Å². The summed E-state index contributed by atoms with van der Waals surface area (Å²) in [7, 11) is -2.98. The standard InChI is InChI=1S/C28H37BN2O6S/c1-27(2)28(3,4)37-29(36-27)15-14-20-17-21(12-13-24(20)35-5)38(33,34)31-26(32)30-25-22-10-6-8-18(22)16-19-9-7-11-23(19)25/h12-13,16-17H,6-11,14-15H2,1-5H3,(H2,30,31,32). The SMILES string of the molecule is COc1ccc(S(=O)(=O)NC(=O)Nc2c3c(cc4c2CCC4)CCC3)cc1CCB1OC(C)(C)C(C)(C)O1. The van der Waals surface area contributed by atoms with Crippen LogP contribution in [0.5, 0.6) is 5.75 Å². The van der Waals surface area contributed by atoms with E-state index in [0.29, 0.717) is 24.1 Å². The maximum Gasteiger partial charge on any atom is 0.458 e. The Labute approximate surface area is 226 Å². The zero-order valence-electron chi connectivity index (χ0n) is 22.9. The molecule has 38 heavy (non-hydrogen) atoms. The van der Waals surface area contributed by atoms with E-state index in [1.54, 1.807) is 19.2 Å². The van der Waals surface area contributed by atoms with E-state index in [4.69, 9.17) is 14.0 Å². The molecule has 1 heterocycles. The Morgan fingerprint density at radius 2 is 1.58 bits per heavy atom. The molecule has 3 aliphatic rings. The number of methoxy groups -OCH3 is 1. The van der Waals surface area contributed by atoms with E-state index < -0.39 is 34.4 Å². The summed E-state index contributed by atoms with van der Waals surface area (Å²) in [5, 5.41) is 2.90. The van der Waals surface area contributed by atoms with Crippen LogP contribution in [0.4, 0.5) is 10.5 Å². The monoisotopic (exact) mass is 540 g/mol. The van der Waals surface area contributed by atoms with Gasteiger partial charge in [0.15, 0.2) is 0 Å². The van der Waals surface area contributed by atoms with Gasteiger partial charge in [0.25, 0.3) is 10.0 Å². The van der Waals surface area contributed by atoms with Crippen molar-refractivity contribution < 1.29 is 27.3 Å². The third kappa shape index (κ3) is 5.06. The number of hydrogen-bond acceptors (Lipinski definition) is 6. The fourth-order valence-electron chi connectivity index (χ4n) is 5.76. The molecule has 2 aromatic rings. The smallest absolute Gasteiger partial charge is 0.458 e. The van der Waals surface area contributed by atoms with Crippen molar-refractivity contribution in [2.75, 3.05) is 12.4 Å². The van der Waals surface area contributed by atoms with Gasteiger partial charge in [-0.3, -0.25) is 0 Å². The van der Waals surface area contributed by atoms with E-state index in [9.17, 15) is 13.2 Å². The first-order valence-electron chi connectivity index (χ1n) is 13.4. The molecule has 1 aliphatic heterocycles. The van der Waals surface area contributed by atoms with Gasteiger partial charge in [-0.1, -0.05) is 6.07 Å². The van der Waals surface area contributed by atoms with Crippen LogP contribution in [0.3, 0.4) is 0 Å². The molecule has 0 spiro atoms. The molecule has 0 unspecified atom stereocenters. The predicted molar refractivity (Wildman–Crippen MR) is 147 cm³/mol. The molecule has 5 rings (SSSR count). The van der Waals surface area contributed by atoms with E-state index in [1.807, 2.05) is 27.7 Å². The van der Waals surface area contributed by atoms with Gasteiger partial charge in [-0.2, -0.15) is 0 Å². The average molecular weight is 540 g/mol. The highest BCUT2D eigenvalue weighted by Gasteiger charge is 2.50. The highest BCUT2D eigenvalue weighted by molar-refractivity contribution is 7.90. The predicted octanol–water partition coefficient (Wildman–Crippen LogP) is 4.82. The summed E-state index contributed by atoms with van der Waals surface area (Å²) in [5.74, 6) is 0.570. The van der Waals surface area contributed by atoms with Gasteiger partial charge in [0, 0.05) is 5.69 Å². The number of carbonyl (C=O) groups excluding carboxylic acids is 1. The molecule has 2 amide bonds. The van der Waals surface area contributed by atoms with Crippen LogP contribution in [0, 0.1) is 0 Å². The number of hydrogen-bond donors (Lipinski definition) is 2. The largest absolute Gasteiger partial charge is 0.496 e. The molecule has 0 radical (unpaired) electrons. The Morgan fingerprint density at radius 3 is 2.16 bits per heavy atom. The molecule has 1 saturated heterocycles. The number of sulfonamides is 1. The average Bonchev–Trinajstić information content (AvgIpc) is 3.55. The third-order valence-corrected chi connectivity index (χ3v) is 9.78. The zero-order chi connectivity index (χ0) is 27.3. The van der Waals surface area contributed by atoms with E-state index in [1.165, 1.54) is 17.2 Å². The summed E-state index contributed by atoms with van der Waals surface area (Å²) in [4.78, 5) is 13.0. The summed E-state index contributed by atoms with van der Waals surface area (Å²) in [5.41, 5.74) is 5.45. The molecule has 2 aromatic carbocycles. The third-order valence-electron chi connectivity index (χ3n) is 8.45. The minimum absolute atomic E-state index is 0.000822. The molecule has 1 fully saturated rings. The first-order valence-corrected chi connectivity index (χ1v) is 14.9. The minimum Gasteiger partial charge on any atom is -0.496 e. The summed E-state index contributed by atoms with van der Waals surface area (Å²) < 4.78 is 46.3. The van der Waals surface area contributed by atoms with Crippen molar-refractivity contribution in [1.29, 1.82) is 0 Å². The Balaban J connectivity index is 1.31. The minimum atomic E-state index is -4.11. The second kappa shape index (κ2) is 9.88. The van der Waals surface area contributed by atoms with Gasteiger partial charge in [-0.05, 0) is 125 Å². The molecular formula is C28H37BN2O6S. The van der Waals surface area contributed by atoms with Crippen molar-refractivity contribution in [2.45, 2.75) is 95.1 Å². The molecule has 204 valence electrons. The quantitative estimate of drug-likeness (QED) is 0.489. The molecular weight excluding hydrogens is 503 g/mol. The summed E-state index contributed by atoms with van der Waals surface area (Å²) in [6.45, 7) is 7.98. The van der Waals surface area contributed by atoms with E-state index in [0.717, 1.165) is 55.3 Å². The molecule has 2 aliphatic carbocycles. The van der Waals surface area contributed by atoms with Crippen LogP contribution >= 0.6 is 0 Å². The van der Waals surface area contributed by atoms with E-state index >= 15 is 0 Å². The van der Waals surface area contributed by atoms with Gasteiger partial charge >= 0.3 is 13.1 Å². The molecule has 0 bridgehead atoms. The summed E-state index contributed by atoms with van der Waals surface area (Å²) >= 11 is 0. The first-order chi connectivity index (χ1) is 17.9. The van der Waals surface area contributed by atoms with E-state index in [-0.39, 0.29) is 4.90 Å². The molecule has 2 N–H and O–H groups in total. The number of anilines is 1. The van der Waals surface area contributed by atoms with Crippen LogP contribution in [0.1, 0.15) is 68.4 Å². The van der Waals surface area contributed by atoms with Gasteiger partial charge in [0.05, 0.1) is 23.2 Å². The first kappa shape index (κ1) is 27.0. The summed E-state index contributed by atoms with van der Waals surface area (Å²) in [6.07, 6.45) is 6.91. The molecule has 10 heteroatoms. The number of benzene rings is 2. The molecule has 0 aromatic heterocycles. The number of rotatable bonds is 7. The number of aryl methyl sites for hydroxylation is 3. The fraction of sp³-hybridized carbons (Fsp3) is 0.536. The Hall–Kier alpha value is -2.56. The molecule has 0 saturated carbocycles. The van der Waals surface area contributed by atoms with Crippen LogP contribution in [0.15, 0.2) is 29.2 Å². The number of nitrogens with one attached hydrogen (secondary N) is 2. The number of carbonyl (C=O) groups is 1. The summed E-state index contributed by atoms with van der Waals surface area (Å²) in [6, 6.07) is 6.15. The van der Waals surface area contributed by atoms with E-state index in [2.05, 4.69) is 16.1 Å². The van der Waals surface area contributed by atoms with Crippen molar-refractivity contribution >= 4 is 28.9 Å². The highest BCUT2D eigenvalue weighted by atomic mass is 32.2. The maximum absolute atomic E-state index is 13.2. The van der Waals surface area contributed by atoms with Gasteiger partial charge in [0.1, 0.15) is 5.75 Å². The Kier molecular flexibility index (Phi) is 7.03. The molecule has 8 nitrogen and oxygen atoms in total. The Bertz CT molecular complexity index is 1320. The number of fused-ring (bicyclic) bond motifs is 2. The van der Waals surface area contributed by atoms with Crippen molar-refractivity contribution in [3.05, 3.63) is 52.1 Å². The van der Waals surface area contributed by atoms with Crippen LogP contribution in [-0.4, -0.2) is 39.9 Å². The topological polar surface area (TPSA) is 103 Å². The number of ether oxygens (including phenoxy) is 1. The van der Waals surface area contributed by atoms with Gasteiger partial charge in [-0.15, -0.1) is 0 Å². The lowest BCUT2D eigenvalue weighted by atomic mass is 9.81. The maximum atomic E-state index is 13.2. The van der Waals surface area contributed by atoms with Crippen LogP contribution in [0.25, 0.3) is 0 Å². The Morgan fingerprint density at radius 1 is 0.974 bits per heavy atom. The van der Waals surface area contributed by atoms with Crippen molar-refractivity contribution in [2.24, 2.45) is 0 Å². The fourth-order valence-corrected chi connectivity index (χ4v) is 6.72. The van der Waals surface area contributed by atoms with Crippen molar-refractivity contribution in [3.8, 4) is 5.75 Å². The van der Waals surface area contributed by atoms with Crippen LogP contribution in [0.2, 0.25) is 6.32 Å². The second-order valence-electron chi connectivity index (χ2n) is 11.5. The number of amides is 2. The highest BCUT2D eigenvalue weighted by Crippen LogP contribution is 2.39. The van der Waals surface area contributed by atoms with Crippen LogP contribution < -0.4 is 14.8 Å². The lowest BCUT2D eigenvalue weighted by Crippen LogP contribution is -2.41.